The highest BCUT2D eigenvalue weighted by molar-refractivity contribution is 6.13. The minimum Gasteiger partial charge on any atom is -0.310 e. The van der Waals surface area contributed by atoms with Gasteiger partial charge in [-0.1, -0.05) is 159 Å². The van der Waals surface area contributed by atoms with Gasteiger partial charge in [-0.25, -0.2) is 0 Å². The first-order chi connectivity index (χ1) is 29.6. The average molecular weight is 773 g/mol. The van der Waals surface area contributed by atoms with E-state index in [1.165, 1.54) is 104 Å². The molecule has 2 heteroatoms. The minimum atomic E-state index is -0.0292. The number of para-hydroxylation sites is 2. The number of hydrogen-bond acceptors (Lipinski definition) is 1. The molecule has 1 spiro atoms. The Morgan fingerprint density at radius 1 is 0.450 bits per heavy atom. The van der Waals surface area contributed by atoms with Gasteiger partial charge < -0.3 is 9.47 Å². The van der Waals surface area contributed by atoms with Crippen molar-refractivity contribution in [3.05, 3.63) is 205 Å². The van der Waals surface area contributed by atoms with Crippen molar-refractivity contribution in [3.8, 4) is 39.1 Å². The standard InChI is InChI=1S/C58H48N2/c1-39-35-46-17-12-18-47(36-39)58(46)53-20-9-11-22-56(53)60-55-21-10-8-19-51(55)52-37-50(38-54(58)57(52)60)59(48-31-27-44(28-32-48)41-15-6-3-7-16-41)49-33-29-45(30-34-49)43-25-23-42(24-26-43)40-13-4-2-5-14-40/h2-11,13-16,19-34,37-39,46-47H,12,17-18,35-36H2,1H3/t39?,46-,47-,58?/m0/s1. The van der Waals surface area contributed by atoms with Crippen molar-refractivity contribution in [2.75, 3.05) is 4.90 Å². The number of anilines is 3. The molecule has 2 saturated carbocycles. The Morgan fingerprint density at radius 3 is 1.52 bits per heavy atom. The van der Waals surface area contributed by atoms with E-state index in [2.05, 4.69) is 211 Å². The maximum absolute atomic E-state index is 2.64. The fourth-order valence-electron chi connectivity index (χ4n) is 12.1. The molecular formula is C58H48N2. The van der Waals surface area contributed by atoms with Gasteiger partial charge in [0.05, 0.1) is 16.7 Å². The van der Waals surface area contributed by atoms with Crippen LogP contribution in [0.25, 0.3) is 60.9 Å². The number of aromatic nitrogens is 1. The molecule has 0 amide bonds. The maximum atomic E-state index is 2.64. The van der Waals surface area contributed by atoms with Gasteiger partial charge in [-0.15, -0.1) is 0 Å². The van der Waals surface area contributed by atoms with E-state index in [4.69, 9.17) is 0 Å². The van der Waals surface area contributed by atoms with E-state index < -0.39 is 0 Å². The Morgan fingerprint density at radius 2 is 0.933 bits per heavy atom. The van der Waals surface area contributed by atoms with Crippen LogP contribution in [-0.4, -0.2) is 4.57 Å². The van der Waals surface area contributed by atoms with Crippen molar-refractivity contribution < 1.29 is 0 Å². The second-order valence-electron chi connectivity index (χ2n) is 17.8. The molecule has 0 saturated heterocycles. The average Bonchev–Trinajstić information content (AvgIpc) is 3.64. The molecule has 1 aromatic heterocycles. The molecule has 0 N–H and O–H groups in total. The molecule has 2 aliphatic carbocycles. The van der Waals surface area contributed by atoms with Gasteiger partial charge in [-0.3, -0.25) is 0 Å². The summed E-state index contributed by atoms with van der Waals surface area (Å²) in [7, 11) is 0. The third-order valence-corrected chi connectivity index (χ3v) is 14.5. The summed E-state index contributed by atoms with van der Waals surface area (Å²) < 4.78 is 2.62. The normalized spacial score (nSPS) is 20.3. The zero-order chi connectivity index (χ0) is 39.8. The summed E-state index contributed by atoms with van der Waals surface area (Å²) >= 11 is 0. The van der Waals surface area contributed by atoms with Gasteiger partial charge in [-0.05, 0) is 136 Å². The van der Waals surface area contributed by atoms with Crippen LogP contribution in [0.3, 0.4) is 0 Å². The molecule has 2 nitrogen and oxygen atoms in total. The largest absolute Gasteiger partial charge is 0.310 e. The van der Waals surface area contributed by atoms with E-state index >= 15 is 0 Å². The van der Waals surface area contributed by atoms with Crippen LogP contribution in [0.15, 0.2) is 194 Å². The Bertz CT molecular complexity index is 3000. The predicted octanol–water partition coefficient (Wildman–Crippen LogP) is 15.7. The van der Waals surface area contributed by atoms with E-state index in [-0.39, 0.29) is 5.41 Å². The number of nitrogens with zero attached hydrogens (tertiary/aromatic N) is 2. The molecule has 2 heterocycles. The molecule has 2 fully saturated rings. The van der Waals surface area contributed by atoms with Crippen molar-refractivity contribution in [1.82, 2.24) is 4.57 Å². The highest BCUT2D eigenvalue weighted by atomic mass is 15.1. The smallest absolute Gasteiger partial charge is 0.0584 e. The molecule has 2 bridgehead atoms. The Balaban J connectivity index is 1.07. The Labute approximate surface area is 353 Å². The molecule has 1 aliphatic heterocycles. The van der Waals surface area contributed by atoms with E-state index in [0.29, 0.717) is 11.8 Å². The van der Waals surface area contributed by atoms with Crippen molar-refractivity contribution in [2.45, 2.75) is 44.4 Å². The van der Waals surface area contributed by atoms with E-state index in [1.807, 2.05) is 0 Å². The molecule has 2 atom stereocenters. The highest BCUT2D eigenvalue weighted by Gasteiger charge is 2.56. The number of rotatable bonds is 6. The van der Waals surface area contributed by atoms with Gasteiger partial charge in [0.2, 0.25) is 0 Å². The summed E-state index contributed by atoms with van der Waals surface area (Å²) in [5.41, 5.74) is 18.1. The zero-order valence-corrected chi connectivity index (χ0v) is 34.1. The molecule has 60 heavy (non-hydrogen) atoms. The van der Waals surface area contributed by atoms with Crippen LogP contribution in [0.1, 0.15) is 50.2 Å². The lowest BCUT2D eigenvalue weighted by Crippen LogP contribution is -2.52. The lowest BCUT2D eigenvalue weighted by atomic mass is 9.47. The van der Waals surface area contributed by atoms with Crippen molar-refractivity contribution in [2.24, 2.45) is 17.8 Å². The van der Waals surface area contributed by atoms with E-state index in [9.17, 15) is 0 Å². The van der Waals surface area contributed by atoms with Crippen LogP contribution in [0.2, 0.25) is 0 Å². The van der Waals surface area contributed by atoms with Gasteiger partial charge in [0.15, 0.2) is 0 Å². The van der Waals surface area contributed by atoms with Crippen LogP contribution in [0, 0.1) is 17.8 Å². The van der Waals surface area contributed by atoms with Crippen LogP contribution < -0.4 is 4.90 Å². The van der Waals surface area contributed by atoms with Crippen molar-refractivity contribution >= 4 is 38.9 Å². The predicted molar refractivity (Wildman–Crippen MR) is 252 cm³/mol. The van der Waals surface area contributed by atoms with Crippen LogP contribution in [0.5, 0.6) is 0 Å². The SMILES string of the molecule is CC1C[C@@H]2CCC[C@@H](C1)C21c2ccccc2-n2c3ccccc3c3cc(N(c4ccc(-c5ccccc5)cc4)c4ccc(-c5ccc(-c6ccccc6)cc5)cc4)cc1c32. The van der Waals surface area contributed by atoms with E-state index in [1.54, 1.807) is 5.56 Å². The third-order valence-electron chi connectivity index (χ3n) is 14.5. The number of fused-ring (bicyclic) bond motifs is 5. The molecular weight excluding hydrogens is 725 g/mol. The third kappa shape index (κ3) is 5.40. The fraction of sp³-hybridized carbons (Fsp3) is 0.172. The monoisotopic (exact) mass is 772 g/mol. The molecule has 3 aliphatic rings. The molecule has 0 unspecified atom stereocenters. The molecule has 290 valence electrons. The second-order valence-corrected chi connectivity index (χ2v) is 17.8. The summed E-state index contributed by atoms with van der Waals surface area (Å²) in [4.78, 5) is 2.52. The topological polar surface area (TPSA) is 8.17 Å². The number of hydrogen-bond donors (Lipinski definition) is 0. The van der Waals surface area contributed by atoms with Gasteiger partial charge in [0.25, 0.3) is 0 Å². The fourth-order valence-corrected chi connectivity index (χ4v) is 12.1. The summed E-state index contributed by atoms with van der Waals surface area (Å²) in [6.45, 7) is 2.51. The van der Waals surface area contributed by atoms with Gasteiger partial charge >= 0.3 is 0 Å². The summed E-state index contributed by atoms with van der Waals surface area (Å²) in [6.07, 6.45) is 6.49. The molecule has 8 aromatic carbocycles. The highest BCUT2D eigenvalue weighted by Crippen LogP contribution is 2.64. The lowest BCUT2D eigenvalue weighted by molar-refractivity contribution is 0.0533. The van der Waals surface area contributed by atoms with Crippen LogP contribution >= 0.6 is 0 Å². The molecule has 0 radical (unpaired) electrons. The summed E-state index contributed by atoms with van der Waals surface area (Å²) in [5, 5.41) is 2.68. The van der Waals surface area contributed by atoms with Gasteiger partial charge in [0.1, 0.15) is 0 Å². The molecule has 9 aromatic rings. The van der Waals surface area contributed by atoms with Crippen LogP contribution in [-0.2, 0) is 5.41 Å². The number of benzene rings is 8. The van der Waals surface area contributed by atoms with Crippen molar-refractivity contribution in [1.29, 1.82) is 0 Å². The first kappa shape index (κ1) is 35.3. The lowest BCUT2D eigenvalue weighted by Gasteiger charge is -2.57. The quantitative estimate of drug-likeness (QED) is 0.163. The maximum Gasteiger partial charge on any atom is 0.0584 e. The Hall–Kier alpha value is -6.64. The van der Waals surface area contributed by atoms with Crippen molar-refractivity contribution in [3.63, 3.8) is 0 Å². The molecule has 12 rings (SSSR count). The van der Waals surface area contributed by atoms with E-state index in [0.717, 1.165) is 17.3 Å². The first-order valence-corrected chi connectivity index (χ1v) is 22.0. The zero-order valence-electron chi connectivity index (χ0n) is 34.1. The van der Waals surface area contributed by atoms with Gasteiger partial charge in [-0.2, -0.15) is 0 Å². The Kier molecular flexibility index (Phi) is 8.23. The second kappa shape index (κ2) is 14.0. The van der Waals surface area contributed by atoms with Crippen LogP contribution in [0.4, 0.5) is 17.1 Å². The minimum absolute atomic E-state index is 0.0292. The first-order valence-electron chi connectivity index (χ1n) is 22.0. The summed E-state index contributed by atoms with van der Waals surface area (Å²) in [5.74, 6) is 1.97. The summed E-state index contributed by atoms with van der Waals surface area (Å²) in [6, 6.07) is 72.6. The van der Waals surface area contributed by atoms with Gasteiger partial charge in [0, 0.05) is 33.2 Å².